The van der Waals surface area contributed by atoms with Crippen molar-refractivity contribution in [1.29, 1.82) is 0 Å². The molecule has 94 valence electrons. The van der Waals surface area contributed by atoms with Crippen LogP contribution in [-0.4, -0.2) is 38.7 Å². The fraction of sp³-hybridized carbons (Fsp3) is 0.400. The van der Waals surface area contributed by atoms with E-state index in [0.29, 0.717) is 10.5 Å². The summed E-state index contributed by atoms with van der Waals surface area (Å²) < 4.78 is 0. The minimum atomic E-state index is -0.905. The van der Waals surface area contributed by atoms with Gasteiger partial charge in [0.1, 0.15) is 0 Å². The molecule has 0 bridgehead atoms. The number of hydrogen-bond donors (Lipinski definition) is 3. The molecule has 0 radical (unpaired) electrons. The molecular formula is C10H13NO5S. The number of nitro groups is 1. The highest BCUT2D eigenvalue weighted by Crippen LogP contribution is 2.30. The van der Waals surface area contributed by atoms with Crippen molar-refractivity contribution >= 4 is 17.4 Å². The van der Waals surface area contributed by atoms with Crippen LogP contribution in [-0.2, 0) is 6.61 Å². The molecule has 0 aromatic heterocycles. The highest BCUT2D eigenvalue weighted by molar-refractivity contribution is 7.99. The molecule has 6 nitrogen and oxygen atoms in total. The average Bonchev–Trinajstić information content (AvgIpc) is 2.35. The summed E-state index contributed by atoms with van der Waals surface area (Å²) >= 11 is 1.09. The van der Waals surface area contributed by atoms with Crippen LogP contribution < -0.4 is 0 Å². The second-order valence-electron chi connectivity index (χ2n) is 3.36. The van der Waals surface area contributed by atoms with Gasteiger partial charge in [0.25, 0.3) is 5.69 Å². The highest BCUT2D eigenvalue weighted by atomic mass is 32.2. The Kier molecular flexibility index (Phi) is 5.36. The number of nitro benzene ring substituents is 1. The van der Waals surface area contributed by atoms with E-state index >= 15 is 0 Å². The van der Waals surface area contributed by atoms with Crippen LogP contribution in [0, 0.1) is 10.1 Å². The normalized spacial score (nSPS) is 12.4. The SMILES string of the molecule is O=[N+]([O-])c1cc(CO)ccc1SCC(O)CO. The van der Waals surface area contributed by atoms with Crippen molar-refractivity contribution in [2.24, 2.45) is 0 Å². The number of benzene rings is 1. The number of aliphatic hydroxyl groups is 3. The fourth-order valence-electron chi connectivity index (χ4n) is 1.16. The van der Waals surface area contributed by atoms with Crippen molar-refractivity contribution in [3.8, 4) is 0 Å². The Morgan fingerprint density at radius 3 is 2.65 bits per heavy atom. The molecule has 7 heteroatoms. The quantitative estimate of drug-likeness (QED) is 0.391. The number of thioether (sulfide) groups is 1. The van der Waals surface area contributed by atoms with Crippen LogP contribution in [0.5, 0.6) is 0 Å². The second-order valence-corrected chi connectivity index (χ2v) is 4.43. The standard InChI is InChI=1S/C10H13NO5S/c12-4-7-1-2-10(9(3-7)11(15)16)17-6-8(14)5-13/h1-3,8,12-14H,4-6H2. The van der Waals surface area contributed by atoms with Gasteiger partial charge in [0, 0.05) is 11.8 Å². The largest absolute Gasteiger partial charge is 0.394 e. The molecule has 0 aliphatic rings. The van der Waals surface area contributed by atoms with Crippen LogP contribution in [0.15, 0.2) is 23.1 Å². The smallest absolute Gasteiger partial charge is 0.283 e. The number of rotatable bonds is 6. The lowest BCUT2D eigenvalue weighted by atomic mass is 10.2. The summed E-state index contributed by atoms with van der Waals surface area (Å²) in [5.74, 6) is 0.176. The highest BCUT2D eigenvalue weighted by Gasteiger charge is 2.16. The molecule has 0 fully saturated rings. The first kappa shape index (κ1) is 13.9. The number of hydrogen-bond acceptors (Lipinski definition) is 6. The average molecular weight is 259 g/mol. The van der Waals surface area contributed by atoms with Crippen LogP contribution in [0.4, 0.5) is 5.69 Å². The summed E-state index contributed by atoms with van der Waals surface area (Å²) in [7, 11) is 0. The van der Waals surface area contributed by atoms with Gasteiger partial charge in [0.2, 0.25) is 0 Å². The van der Waals surface area contributed by atoms with Crippen LogP contribution in [0.25, 0.3) is 0 Å². The third-order valence-corrected chi connectivity index (χ3v) is 3.25. The van der Waals surface area contributed by atoms with Crippen LogP contribution in [0.3, 0.4) is 0 Å². The molecule has 1 rings (SSSR count). The Labute approximate surface area is 102 Å². The monoisotopic (exact) mass is 259 g/mol. The van der Waals surface area contributed by atoms with E-state index in [9.17, 15) is 10.1 Å². The molecule has 1 aromatic carbocycles. The summed E-state index contributed by atoms with van der Waals surface area (Å²) in [6.07, 6.45) is -0.905. The van der Waals surface area contributed by atoms with E-state index in [-0.39, 0.29) is 24.7 Å². The Bertz CT molecular complexity index is 398. The first-order chi connectivity index (χ1) is 8.08. The zero-order valence-electron chi connectivity index (χ0n) is 8.94. The molecule has 0 heterocycles. The van der Waals surface area contributed by atoms with Gasteiger partial charge in [0.15, 0.2) is 0 Å². The molecule has 0 amide bonds. The van der Waals surface area contributed by atoms with Gasteiger partial charge in [-0.2, -0.15) is 0 Å². The first-order valence-corrected chi connectivity index (χ1v) is 5.87. The van der Waals surface area contributed by atoms with Crippen molar-refractivity contribution in [3.05, 3.63) is 33.9 Å². The van der Waals surface area contributed by atoms with Crippen LogP contribution in [0.1, 0.15) is 5.56 Å². The van der Waals surface area contributed by atoms with E-state index in [1.165, 1.54) is 12.1 Å². The Hall–Kier alpha value is -1.15. The van der Waals surface area contributed by atoms with E-state index in [1.54, 1.807) is 6.07 Å². The van der Waals surface area contributed by atoms with Crippen molar-refractivity contribution in [2.45, 2.75) is 17.6 Å². The second kappa shape index (κ2) is 6.55. The molecule has 17 heavy (non-hydrogen) atoms. The van der Waals surface area contributed by atoms with E-state index in [2.05, 4.69) is 0 Å². The molecule has 1 unspecified atom stereocenters. The van der Waals surface area contributed by atoms with Crippen LogP contribution in [0.2, 0.25) is 0 Å². The lowest BCUT2D eigenvalue weighted by Crippen LogP contribution is -2.14. The summed E-state index contributed by atoms with van der Waals surface area (Å²) in [5.41, 5.74) is 0.357. The number of nitrogens with zero attached hydrogens (tertiary/aromatic N) is 1. The molecule has 1 atom stereocenters. The van der Waals surface area contributed by atoms with Gasteiger partial charge >= 0.3 is 0 Å². The van der Waals surface area contributed by atoms with E-state index in [4.69, 9.17) is 15.3 Å². The maximum absolute atomic E-state index is 10.8. The predicted molar refractivity (Wildman–Crippen MR) is 62.8 cm³/mol. The summed E-state index contributed by atoms with van der Waals surface area (Å²) in [5, 5.41) is 37.5. The molecular weight excluding hydrogens is 246 g/mol. The topological polar surface area (TPSA) is 104 Å². The van der Waals surface area contributed by atoms with Crippen molar-refractivity contribution < 1.29 is 20.2 Å². The van der Waals surface area contributed by atoms with Gasteiger partial charge in [-0.15, -0.1) is 11.8 Å². The molecule has 1 aromatic rings. The summed E-state index contributed by atoms with van der Waals surface area (Å²) in [4.78, 5) is 10.7. The molecule has 0 spiro atoms. The van der Waals surface area contributed by atoms with Crippen LogP contribution >= 0.6 is 11.8 Å². The van der Waals surface area contributed by atoms with Gasteiger partial charge < -0.3 is 15.3 Å². The van der Waals surface area contributed by atoms with Gasteiger partial charge in [-0.25, -0.2) is 0 Å². The van der Waals surface area contributed by atoms with E-state index in [1.807, 2.05) is 0 Å². The lowest BCUT2D eigenvalue weighted by molar-refractivity contribution is -0.387. The minimum absolute atomic E-state index is 0.105. The molecule has 0 aliphatic carbocycles. The van der Waals surface area contributed by atoms with Gasteiger partial charge in [0.05, 0.1) is 29.1 Å². The van der Waals surface area contributed by atoms with E-state index in [0.717, 1.165) is 11.8 Å². The van der Waals surface area contributed by atoms with Crippen molar-refractivity contribution in [1.82, 2.24) is 0 Å². The molecule has 0 saturated heterocycles. The zero-order valence-corrected chi connectivity index (χ0v) is 9.76. The Morgan fingerprint density at radius 2 is 2.12 bits per heavy atom. The number of aliphatic hydroxyl groups excluding tert-OH is 3. The summed E-state index contributed by atoms with van der Waals surface area (Å²) in [6.45, 7) is -0.638. The third kappa shape index (κ3) is 3.97. The minimum Gasteiger partial charge on any atom is -0.394 e. The van der Waals surface area contributed by atoms with Gasteiger partial charge in [-0.05, 0) is 11.6 Å². The maximum atomic E-state index is 10.8. The first-order valence-electron chi connectivity index (χ1n) is 4.88. The van der Waals surface area contributed by atoms with Gasteiger partial charge in [-0.1, -0.05) is 6.07 Å². The van der Waals surface area contributed by atoms with Gasteiger partial charge in [-0.3, -0.25) is 10.1 Å². The molecule has 0 saturated carbocycles. The third-order valence-electron chi connectivity index (χ3n) is 2.04. The van der Waals surface area contributed by atoms with Crippen molar-refractivity contribution in [2.75, 3.05) is 12.4 Å². The lowest BCUT2D eigenvalue weighted by Gasteiger charge is -2.07. The summed E-state index contributed by atoms with van der Waals surface area (Å²) in [6, 6.07) is 4.41. The predicted octanol–water partition coefficient (Wildman–Crippen LogP) is 0.532. The molecule has 0 aliphatic heterocycles. The van der Waals surface area contributed by atoms with E-state index < -0.39 is 11.0 Å². The maximum Gasteiger partial charge on any atom is 0.283 e. The zero-order chi connectivity index (χ0) is 12.8. The Balaban J connectivity index is 2.87. The molecule has 3 N–H and O–H groups in total. The van der Waals surface area contributed by atoms with Crippen molar-refractivity contribution in [3.63, 3.8) is 0 Å². The Morgan fingerprint density at radius 1 is 1.41 bits per heavy atom. The fourth-order valence-corrected chi connectivity index (χ4v) is 2.09.